The van der Waals surface area contributed by atoms with E-state index >= 15 is 0 Å². The van der Waals surface area contributed by atoms with Gasteiger partial charge >= 0.3 is 0 Å². The van der Waals surface area contributed by atoms with Crippen LogP contribution in [0.2, 0.25) is 0 Å². The topological polar surface area (TPSA) is 44.1 Å². The van der Waals surface area contributed by atoms with Crippen LogP contribution in [-0.2, 0) is 6.61 Å². The third-order valence-electron chi connectivity index (χ3n) is 5.29. The van der Waals surface area contributed by atoms with Crippen molar-refractivity contribution >= 4 is 42.8 Å². The van der Waals surface area contributed by atoms with Crippen LogP contribution >= 0.6 is 31.9 Å². The maximum atomic E-state index is 13.4. The van der Waals surface area contributed by atoms with Gasteiger partial charge in [0.15, 0.2) is 0 Å². The predicted molar refractivity (Wildman–Crippen MR) is 139 cm³/mol. The van der Waals surface area contributed by atoms with Crippen LogP contribution in [0.4, 0.5) is 0 Å². The lowest BCUT2D eigenvalue weighted by Gasteiger charge is -2.14. The molecule has 0 amide bonds. The van der Waals surface area contributed by atoms with Gasteiger partial charge in [-0.25, -0.2) is 4.98 Å². The lowest BCUT2D eigenvalue weighted by atomic mass is 10.1. The molecule has 162 valence electrons. The summed E-state index contributed by atoms with van der Waals surface area (Å²) in [6, 6.07) is 30.8. The van der Waals surface area contributed by atoms with E-state index in [2.05, 4.69) is 31.9 Å². The number of ether oxygens (including phenoxy) is 1. The highest BCUT2D eigenvalue weighted by Crippen LogP contribution is 2.25. The Balaban J connectivity index is 1.53. The summed E-state index contributed by atoms with van der Waals surface area (Å²) < 4.78 is 9.58. The molecule has 0 aliphatic carbocycles. The second kappa shape index (κ2) is 9.33. The first-order valence-electron chi connectivity index (χ1n) is 10.3. The maximum Gasteiger partial charge on any atom is 0.266 e. The number of nitrogens with zero attached hydrogens (tertiary/aromatic N) is 2. The van der Waals surface area contributed by atoms with Crippen molar-refractivity contribution in [2.45, 2.75) is 6.61 Å². The van der Waals surface area contributed by atoms with Gasteiger partial charge in [-0.3, -0.25) is 9.36 Å². The Hall–Kier alpha value is -3.22. The number of rotatable bonds is 5. The van der Waals surface area contributed by atoms with Crippen LogP contribution in [0.3, 0.4) is 0 Å². The number of halogens is 2. The molecule has 4 aromatic carbocycles. The van der Waals surface area contributed by atoms with Gasteiger partial charge in [0, 0.05) is 14.5 Å². The normalized spacial score (nSPS) is 11.0. The molecule has 5 rings (SSSR count). The lowest BCUT2D eigenvalue weighted by Crippen LogP contribution is -2.21. The summed E-state index contributed by atoms with van der Waals surface area (Å²) in [6.45, 7) is 0.477. The van der Waals surface area contributed by atoms with Crippen molar-refractivity contribution < 1.29 is 4.74 Å². The van der Waals surface area contributed by atoms with Gasteiger partial charge in [0.05, 0.1) is 16.6 Å². The van der Waals surface area contributed by atoms with Gasteiger partial charge in [0.25, 0.3) is 5.56 Å². The highest BCUT2D eigenvalue weighted by Gasteiger charge is 2.14. The molecule has 4 nitrogen and oxygen atoms in total. The van der Waals surface area contributed by atoms with E-state index in [1.807, 2.05) is 97.1 Å². The highest BCUT2D eigenvalue weighted by atomic mass is 79.9. The maximum absolute atomic E-state index is 13.4. The first-order valence-corrected chi connectivity index (χ1v) is 11.9. The second-order valence-corrected chi connectivity index (χ2v) is 9.34. The Bertz CT molecular complexity index is 1480. The lowest BCUT2D eigenvalue weighted by molar-refractivity contribution is 0.306. The van der Waals surface area contributed by atoms with Gasteiger partial charge < -0.3 is 4.74 Å². The van der Waals surface area contributed by atoms with Crippen LogP contribution in [0.5, 0.6) is 5.75 Å². The number of aromatic nitrogens is 2. The highest BCUT2D eigenvalue weighted by molar-refractivity contribution is 9.10. The van der Waals surface area contributed by atoms with Crippen LogP contribution in [0, 0.1) is 0 Å². The third kappa shape index (κ3) is 4.63. The van der Waals surface area contributed by atoms with Crippen LogP contribution in [0.15, 0.2) is 111 Å². The standard InChI is InChI=1S/C27H18Br2N2O2/c28-20-9-5-18(6-10-20)17-33-23-15-7-19(8-16-23)26-30-25-4-2-1-3-24(25)27(32)31(26)22-13-11-21(29)12-14-22/h1-16H,17H2. The summed E-state index contributed by atoms with van der Waals surface area (Å²) in [6.07, 6.45) is 0. The summed E-state index contributed by atoms with van der Waals surface area (Å²) in [5.74, 6) is 1.33. The molecule has 0 saturated heterocycles. The quantitative estimate of drug-likeness (QED) is 0.229. The van der Waals surface area contributed by atoms with Crippen LogP contribution in [0.25, 0.3) is 28.0 Å². The minimum atomic E-state index is -0.103. The molecule has 0 saturated carbocycles. The van der Waals surface area contributed by atoms with E-state index in [1.54, 1.807) is 4.57 Å². The Kier molecular flexibility index (Phi) is 6.11. The molecule has 5 aromatic rings. The molecule has 0 unspecified atom stereocenters. The molecule has 0 spiro atoms. The molecule has 0 aliphatic rings. The number of hydrogen-bond acceptors (Lipinski definition) is 3. The molecule has 0 fully saturated rings. The third-order valence-corrected chi connectivity index (χ3v) is 6.35. The monoisotopic (exact) mass is 560 g/mol. The summed E-state index contributed by atoms with van der Waals surface area (Å²) in [5.41, 5.74) is 3.24. The van der Waals surface area contributed by atoms with Gasteiger partial charge in [-0.05, 0) is 78.4 Å². The molecule has 0 atom stereocenters. The number of benzene rings is 4. The van der Waals surface area contributed by atoms with Crippen LogP contribution in [-0.4, -0.2) is 9.55 Å². The first kappa shape index (κ1) is 21.6. The Labute approximate surface area is 207 Å². The summed E-state index contributed by atoms with van der Waals surface area (Å²) in [4.78, 5) is 18.3. The minimum absolute atomic E-state index is 0.103. The van der Waals surface area contributed by atoms with E-state index in [4.69, 9.17) is 9.72 Å². The van der Waals surface area contributed by atoms with Crippen molar-refractivity contribution in [1.82, 2.24) is 9.55 Å². The van der Waals surface area contributed by atoms with Gasteiger partial charge in [0.1, 0.15) is 18.2 Å². The zero-order valence-electron chi connectivity index (χ0n) is 17.4. The zero-order chi connectivity index (χ0) is 22.8. The van der Waals surface area contributed by atoms with E-state index in [9.17, 15) is 4.79 Å². The fourth-order valence-electron chi connectivity index (χ4n) is 3.60. The van der Waals surface area contributed by atoms with Gasteiger partial charge in [0.2, 0.25) is 0 Å². The van der Waals surface area contributed by atoms with Crippen molar-refractivity contribution in [1.29, 1.82) is 0 Å². The first-order chi connectivity index (χ1) is 16.1. The number of hydrogen-bond donors (Lipinski definition) is 0. The van der Waals surface area contributed by atoms with Crippen molar-refractivity contribution in [2.75, 3.05) is 0 Å². The molecule has 6 heteroatoms. The number of fused-ring (bicyclic) bond motifs is 1. The summed E-state index contributed by atoms with van der Waals surface area (Å²) >= 11 is 6.91. The molecular formula is C27H18Br2N2O2. The molecule has 1 aromatic heterocycles. The predicted octanol–water partition coefficient (Wildman–Crippen LogP) is 7.16. The molecule has 0 aliphatic heterocycles. The number of para-hydroxylation sites is 1. The van der Waals surface area contributed by atoms with Gasteiger partial charge in [-0.15, -0.1) is 0 Å². The Morgan fingerprint density at radius 1 is 0.758 bits per heavy atom. The molecular weight excluding hydrogens is 544 g/mol. The average Bonchev–Trinajstić information content (AvgIpc) is 2.85. The SMILES string of the molecule is O=c1c2ccccc2nc(-c2ccc(OCc3ccc(Br)cc3)cc2)n1-c1ccc(Br)cc1. The van der Waals surface area contributed by atoms with Crippen molar-refractivity contribution in [3.8, 4) is 22.8 Å². The average molecular weight is 562 g/mol. The van der Waals surface area contributed by atoms with E-state index in [0.29, 0.717) is 23.3 Å². The van der Waals surface area contributed by atoms with Gasteiger partial charge in [-0.1, -0.05) is 56.1 Å². The minimum Gasteiger partial charge on any atom is -0.489 e. The second-order valence-electron chi connectivity index (χ2n) is 7.51. The fraction of sp³-hybridized carbons (Fsp3) is 0.0370. The van der Waals surface area contributed by atoms with Crippen molar-refractivity contribution in [2.24, 2.45) is 0 Å². The van der Waals surface area contributed by atoms with E-state index in [0.717, 1.165) is 31.5 Å². The largest absolute Gasteiger partial charge is 0.489 e. The van der Waals surface area contributed by atoms with Gasteiger partial charge in [-0.2, -0.15) is 0 Å². The smallest absolute Gasteiger partial charge is 0.266 e. The molecule has 0 N–H and O–H groups in total. The zero-order valence-corrected chi connectivity index (χ0v) is 20.6. The summed E-state index contributed by atoms with van der Waals surface area (Å²) in [7, 11) is 0. The molecule has 0 radical (unpaired) electrons. The van der Waals surface area contributed by atoms with E-state index < -0.39 is 0 Å². The molecule has 33 heavy (non-hydrogen) atoms. The van der Waals surface area contributed by atoms with E-state index in [-0.39, 0.29) is 5.56 Å². The molecule has 0 bridgehead atoms. The Morgan fingerprint density at radius 2 is 1.39 bits per heavy atom. The fourth-order valence-corrected chi connectivity index (χ4v) is 4.13. The summed E-state index contributed by atoms with van der Waals surface area (Å²) in [5, 5.41) is 0.582. The van der Waals surface area contributed by atoms with Crippen molar-refractivity contribution in [3.63, 3.8) is 0 Å². The van der Waals surface area contributed by atoms with Crippen LogP contribution in [0.1, 0.15) is 5.56 Å². The van der Waals surface area contributed by atoms with Crippen molar-refractivity contribution in [3.05, 3.63) is 122 Å². The Morgan fingerprint density at radius 3 is 2.09 bits per heavy atom. The van der Waals surface area contributed by atoms with Crippen LogP contribution < -0.4 is 10.3 Å². The molecule has 1 heterocycles. The van der Waals surface area contributed by atoms with E-state index in [1.165, 1.54) is 0 Å².